The Balaban J connectivity index is 0.000000320. The average molecular weight is 370 g/mol. The number of hydrogen-bond acceptors (Lipinski definition) is 4. The predicted octanol–water partition coefficient (Wildman–Crippen LogP) is 5.32. The van der Waals surface area contributed by atoms with Crippen molar-refractivity contribution in [3.63, 3.8) is 0 Å². The van der Waals surface area contributed by atoms with Gasteiger partial charge >= 0.3 is 0 Å². The van der Waals surface area contributed by atoms with Gasteiger partial charge in [-0.2, -0.15) is 0 Å². The van der Waals surface area contributed by atoms with E-state index in [-0.39, 0.29) is 0 Å². The highest BCUT2D eigenvalue weighted by molar-refractivity contribution is 5.33. The Morgan fingerprint density at radius 3 is 1.39 bits per heavy atom. The van der Waals surface area contributed by atoms with Gasteiger partial charge in [0.25, 0.3) is 0 Å². The second-order valence-corrected chi connectivity index (χ2v) is 5.93. The molecule has 0 aliphatic rings. The summed E-state index contributed by atoms with van der Waals surface area (Å²) in [6, 6.07) is 27.4. The van der Waals surface area contributed by atoms with Crippen molar-refractivity contribution in [2.45, 2.75) is 13.2 Å². The van der Waals surface area contributed by atoms with Crippen LogP contribution in [0.2, 0.25) is 0 Å². The molecule has 2 aromatic carbocycles. The van der Waals surface area contributed by atoms with E-state index < -0.39 is 0 Å². The van der Waals surface area contributed by atoms with Crippen LogP contribution in [0.1, 0.15) is 11.1 Å². The van der Waals surface area contributed by atoms with Gasteiger partial charge in [0.05, 0.1) is 0 Å². The van der Waals surface area contributed by atoms with Crippen LogP contribution in [-0.2, 0) is 13.2 Å². The van der Waals surface area contributed by atoms with Crippen LogP contribution in [0, 0.1) is 0 Å². The van der Waals surface area contributed by atoms with Crippen molar-refractivity contribution in [1.82, 2.24) is 9.97 Å². The van der Waals surface area contributed by atoms with E-state index in [2.05, 4.69) is 9.97 Å². The first-order chi connectivity index (χ1) is 13.9. The maximum absolute atomic E-state index is 5.75. The highest BCUT2D eigenvalue weighted by Gasteiger charge is 2.00. The first-order valence-corrected chi connectivity index (χ1v) is 9.03. The van der Waals surface area contributed by atoms with Crippen molar-refractivity contribution < 1.29 is 9.47 Å². The number of pyridine rings is 2. The highest BCUT2D eigenvalue weighted by atomic mass is 16.5. The molecule has 0 saturated heterocycles. The third kappa shape index (κ3) is 6.92. The van der Waals surface area contributed by atoms with E-state index in [0.717, 1.165) is 22.6 Å². The number of ether oxygens (including phenoxy) is 2. The molecule has 28 heavy (non-hydrogen) atoms. The first kappa shape index (κ1) is 19.1. The van der Waals surface area contributed by atoms with Crippen molar-refractivity contribution in [3.8, 4) is 11.5 Å². The average Bonchev–Trinajstić information content (AvgIpc) is 2.80. The van der Waals surface area contributed by atoms with E-state index in [1.165, 1.54) is 0 Å². The van der Waals surface area contributed by atoms with Crippen LogP contribution in [0.4, 0.5) is 0 Å². The molecule has 0 bridgehead atoms. The highest BCUT2D eigenvalue weighted by Crippen LogP contribution is 2.21. The lowest BCUT2D eigenvalue weighted by molar-refractivity contribution is 0.289. The molecule has 140 valence electrons. The van der Waals surface area contributed by atoms with Crippen LogP contribution in [-0.4, -0.2) is 9.97 Å². The summed E-state index contributed by atoms with van der Waals surface area (Å²) in [5, 5.41) is 0. The van der Waals surface area contributed by atoms with Gasteiger partial charge in [-0.05, 0) is 24.3 Å². The molecule has 0 aliphatic heterocycles. The molecule has 2 heterocycles. The molecule has 4 nitrogen and oxygen atoms in total. The van der Waals surface area contributed by atoms with Crippen LogP contribution in [0.5, 0.6) is 11.5 Å². The lowest BCUT2D eigenvalue weighted by atomic mass is 10.3. The topological polar surface area (TPSA) is 44.2 Å². The molecule has 0 aliphatic carbocycles. The van der Waals surface area contributed by atoms with Crippen molar-refractivity contribution in [2.75, 3.05) is 0 Å². The van der Waals surface area contributed by atoms with Gasteiger partial charge in [0.1, 0.15) is 24.7 Å². The van der Waals surface area contributed by atoms with Gasteiger partial charge in [0.15, 0.2) is 0 Å². The Bertz CT molecular complexity index is 831. The summed E-state index contributed by atoms with van der Waals surface area (Å²) in [7, 11) is 0. The molecule has 0 unspecified atom stereocenters. The van der Waals surface area contributed by atoms with Gasteiger partial charge in [-0.3, -0.25) is 9.97 Å². The predicted molar refractivity (Wildman–Crippen MR) is 110 cm³/mol. The van der Waals surface area contributed by atoms with E-state index in [1.807, 2.05) is 84.9 Å². The van der Waals surface area contributed by atoms with Crippen LogP contribution < -0.4 is 9.47 Å². The quantitative estimate of drug-likeness (QED) is 0.461. The zero-order valence-electron chi connectivity index (χ0n) is 15.5. The van der Waals surface area contributed by atoms with Crippen molar-refractivity contribution in [1.29, 1.82) is 0 Å². The fraction of sp³-hybridized carbons (Fsp3) is 0.0833. The third-order valence-electron chi connectivity index (χ3n) is 3.73. The molecule has 0 spiro atoms. The van der Waals surface area contributed by atoms with Gasteiger partial charge in [0, 0.05) is 42.0 Å². The molecule has 4 rings (SSSR count). The molecular formula is C24H22N2O2. The van der Waals surface area contributed by atoms with E-state index in [0.29, 0.717) is 13.2 Å². The van der Waals surface area contributed by atoms with Gasteiger partial charge in [0.2, 0.25) is 0 Å². The zero-order valence-corrected chi connectivity index (χ0v) is 15.5. The molecule has 4 heteroatoms. The largest absolute Gasteiger partial charge is 0.489 e. The first-order valence-electron chi connectivity index (χ1n) is 9.03. The molecule has 0 N–H and O–H groups in total. The fourth-order valence-corrected chi connectivity index (χ4v) is 2.34. The summed E-state index contributed by atoms with van der Waals surface area (Å²) >= 11 is 0. The smallest absolute Gasteiger partial charge is 0.123 e. The Morgan fingerprint density at radius 1 is 0.536 bits per heavy atom. The molecule has 2 aromatic heterocycles. The van der Waals surface area contributed by atoms with E-state index in [4.69, 9.17) is 9.47 Å². The monoisotopic (exact) mass is 370 g/mol. The number of nitrogens with zero attached hydrogens (tertiary/aromatic N) is 2. The number of rotatable bonds is 6. The van der Waals surface area contributed by atoms with E-state index >= 15 is 0 Å². The Kier molecular flexibility index (Phi) is 7.60. The van der Waals surface area contributed by atoms with Gasteiger partial charge in [-0.1, -0.05) is 54.6 Å². The SMILES string of the molecule is c1ccccc1.c1cncc(COc2cccc(OCc3cccnc3)c2)c1. The van der Waals surface area contributed by atoms with Gasteiger partial charge in [-0.15, -0.1) is 0 Å². The van der Waals surface area contributed by atoms with Crippen LogP contribution in [0.25, 0.3) is 0 Å². The minimum atomic E-state index is 0.486. The van der Waals surface area contributed by atoms with Crippen molar-refractivity contribution in [2.24, 2.45) is 0 Å². The lowest BCUT2D eigenvalue weighted by Crippen LogP contribution is -1.98. The Labute approximate surface area is 165 Å². The normalized spacial score (nSPS) is 9.71. The van der Waals surface area contributed by atoms with E-state index in [9.17, 15) is 0 Å². The number of aromatic nitrogens is 2. The Hall–Kier alpha value is -3.66. The molecule has 0 atom stereocenters. The third-order valence-corrected chi connectivity index (χ3v) is 3.73. The van der Waals surface area contributed by atoms with Gasteiger partial charge < -0.3 is 9.47 Å². The van der Waals surface area contributed by atoms with Crippen LogP contribution >= 0.6 is 0 Å². The molecule has 4 aromatic rings. The summed E-state index contributed by atoms with van der Waals surface area (Å²) in [6.07, 6.45) is 7.08. The molecule has 0 saturated carbocycles. The minimum Gasteiger partial charge on any atom is -0.489 e. The second-order valence-electron chi connectivity index (χ2n) is 5.93. The number of hydrogen-bond donors (Lipinski definition) is 0. The second kappa shape index (κ2) is 11.1. The summed E-state index contributed by atoms with van der Waals surface area (Å²) in [6.45, 7) is 0.972. The van der Waals surface area contributed by atoms with Crippen molar-refractivity contribution >= 4 is 0 Å². The maximum Gasteiger partial charge on any atom is 0.123 e. The molecule has 0 amide bonds. The fourth-order valence-electron chi connectivity index (χ4n) is 2.34. The minimum absolute atomic E-state index is 0.486. The lowest BCUT2D eigenvalue weighted by Gasteiger charge is -2.09. The number of benzene rings is 2. The van der Waals surface area contributed by atoms with Crippen LogP contribution in [0.3, 0.4) is 0 Å². The maximum atomic E-state index is 5.75. The standard InChI is InChI=1S/C18H16N2O2.C6H6/c1-6-17(21-13-15-4-2-8-19-11-15)10-18(7-1)22-14-16-5-3-9-20-12-16;1-2-4-6-5-3-1/h1-12H,13-14H2;1-6H. The summed E-state index contributed by atoms with van der Waals surface area (Å²) in [5.74, 6) is 1.54. The molecule has 0 fully saturated rings. The summed E-state index contributed by atoms with van der Waals surface area (Å²) in [5.41, 5.74) is 2.06. The summed E-state index contributed by atoms with van der Waals surface area (Å²) < 4.78 is 11.5. The summed E-state index contributed by atoms with van der Waals surface area (Å²) in [4.78, 5) is 8.13. The Morgan fingerprint density at radius 2 is 1.00 bits per heavy atom. The molecule has 0 radical (unpaired) electrons. The van der Waals surface area contributed by atoms with Crippen molar-refractivity contribution in [3.05, 3.63) is 121 Å². The van der Waals surface area contributed by atoms with E-state index in [1.54, 1.807) is 24.8 Å². The van der Waals surface area contributed by atoms with Gasteiger partial charge in [-0.25, -0.2) is 0 Å². The molecular weight excluding hydrogens is 348 g/mol. The zero-order chi connectivity index (χ0) is 19.3. The van der Waals surface area contributed by atoms with Crippen LogP contribution in [0.15, 0.2) is 110 Å².